The van der Waals surface area contributed by atoms with Gasteiger partial charge in [-0.15, -0.1) is 22.0 Å². The zero-order chi connectivity index (χ0) is 21.5. The molecule has 7 heteroatoms. The molecule has 0 aliphatic carbocycles. The topological polar surface area (TPSA) is 59.8 Å². The Labute approximate surface area is 187 Å². The van der Waals surface area contributed by atoms with Gasteiger partial charge >= 0.3 is 0 Å². The Hall–Kier alpha value is -2.25. The summed E-state index contributed by atoms with van der Waals surface area (Å²) in [5.74, 6) is 1.62. The fourth-order valence-corrected chi connectivity index (χ4v) is 4.67. The summed E-state index contributed by atoms with van der Waals surface area (Å²) in [6, 6.07) is 16.5. The minimum atomic E-state index is -0.226. The summed E-state index contributed by atoms with van der Waals surface area (Å²) in [6.07, 6.45) is 1.70. The van der Waals surface area contributed by atoms with Crippen molar-refractivity contribution in [1.29, 1.82) is 0 Å². The first-order valence-corrected chi connectivity index (χ1v) is 12.0. The van der Waals surface area contributed by atoms with Gasteiger partial charge in [0.2, 0.25) is 5.91 Å². The number of amides is 1. The summed E-state index contributed by atoms with van der Waals surface area (Å²) in [7, 11) is 1.96. The Morgan fingerprint density at radius 1 is 1.07 bits per heavy atom. The van der Waals surface area contributed by atoms with Gasteiger partial charge in [-0.25, -0.2) is 0 Å². The lowest BCUT2D eigenvalue weighted by molar-refractivity contribution is -0.115. The van der Waals surface area contributed by atoms with Gasteiger partial charge in [0, 0.05) is 17.6 Å². The minimum absolute atomic E-state index is 0.00895. The van der Waals surface area contributed by atoms with Crippen LogP contribution in [-0.4, -0.2) is 25.9 Å². The molecular weight excluding hydrogens is 412 g/mol. The SMILES string of the molecule is CCc1ccc(NC(=O)C(CC)Sc2nnc(CSc3ccc(C)cc3)n2C)cc1. The second kappa shape index (κ2) is 10.7. The number of aryl methyl sites for hydroxylation is 2. The smallest absolute Gasteiger partial charge is 0.237 e. The Bertz CT molecular complexity index is 968. The van der Waals surface area contributed by atoms with E-state index in [0.29, 0.717) is 6.42 Å². The van der Waals surface area contributed by atoms with Crippen LogP contribution in [0.5, 0.6) is 0 Å². The second-order valence-electron chi connectivity index (χ2n) is 7.11. The lowest BCUT2D eigenvalue weighted by Gasteiger charge is -2.14. The third-order valence-electron chi connectivity index (χ3n) is 4.85. The van der Waals surface area contributed by atoms with Gasteiger partial charge in [-0.2, -0.15) is 0 Å². The molecule has 0 saturated carbocycles. The Balaban J connectivity index is 1.60. The van der Waals surface area contributed by atoms with Gasteiger partial charge in [-0.1, -0.05) is 55.4 Å². The van der Waals surface area contributed by atoms with Crippen LogP contribution in [-0.2, 0) is 24.0 Å². The van der Waals surface area contributed by atoms with Crippen LogP contribution in [0.1, 0.15) is 37.2 Å². The highest BCUT2D eigenvalue weighted by Gasteiger charge is 2.21. The third-order valence-corrected chi connectivity index (χ3v) is 7.26. The lowest BCUT2D eigenvalue weighted by atomic mass is 10.1. The molecular formula is C23H28N4OS2. The fourth-order valence-electron chi connectivity index (χ4n) is 2.85. The molecule has 0 radical (unpaired) electrons. The standard InChI is InChI=1S/C23H28N4OS2/c1-5-17-9-11-18(12-10-17)24-22(28)20(6-2)30-23-26-25-21(27(23)4)15-29-19-13-7-16(3)8-14-19/h7-14,20H,5-6,15H2,1-4H3,(H,24,28). The van der Waals surface area contributed by atoms with E-state index in [1.165, 1.54) is 27.8 Å². The lowest BCUT2D eigenvalue weighted by Crippen LogP contribution is -2.25. The first-order chi connectivity index (χ1) is 14.5. The quantitative estimate of drug-likeness (QED) is 0.446. The van der Waals surface area contributed by atoms with Gasteiger partial charge in [-0.3, -0.25) is 4.79 Å². The Kier molecular flexibility index (Phi) is 7.99. The van der Waals surface area contributed by atoms with Gasteiger partial charge < -0.3 is 9.88 Å². The van der Waals surface area contributed by atoms with E-state index in [1.54, 1.807) is 11.8 Å². The summed E-state index contributed by atoms with van der Waals surface area (Å²) in [6.45, 7) is 6.22. The predicted molar refractivity (Wildman–Crippen MR) is 126 cm³/mol. The van der Waals surface area contributed by atoms with Gasteiger partial charge in [0.25, 0.3) is 0 Å². The summed E-state index contributed by atoms with van der Waals surface area (Å²) >= 11 is 3.20. The number of hydrogen-bond donors (Lipinski definition) is 1. The average molecular weight is 441 g/mol. The van der Waals surface area contributed by atoms with Gasteiger partial charge in [0.05, 0.1) is 11.0 Å². The molecule has 1 heterocycles. The van der Waals surface area contributed by atoms with Crippen LogP contribution in [0.25, 0.3) is 0 Å². The number of benzene rings is 2. The molecule has 0 aliphatic rings. The molecule has 1 N–H and O–H groups in total. The van der Waals surface area contributed by atoms with Crippen molar-refractivity contribution in [3.8, 4) is 0 Å². The van der Waals surface area contributed by atoms with Gasteiger partial charge in [0.15, 0.2) is 5.16 Å². The highest BCUT2D eigenvalue weighted by atomic mass is 32.2. The first kappa shape index (κ1) is 22.4. The Morgan fingerprint density at radius 3 is 2.40 bits per heavy atom. The maximum absolute atomic E-state index is 12.8. The molecule has 0 fully saturated rings. The van der Waals surface area contributed by atoms with Gasteiger partial charge in [0.1, 0.15) is 5.82 Å². The van der Waals surface area contributed by atoms with Crippen LogP contribution >= 0.6 is 23.5 Å². The molecule has 1 atom stereocenters. The number of rotatable bonds is 9. The van der Waals surface area contributed by atoms with Crippen LogP contribution in [0, 0.1) is 6.92 Å². The van der Waals surface area contributed by atoms with E-state index in [9.17, 15) is 4.79 Å². The normalized spacial score (nSPS) is 12.0. The molecule has 1 amide bonds. The average Bonchev–Trinajstić information content (AvgIpc) is 3.11. The van der Waals surface area contributed by atoms with Crippen molar-refractivity contribution >= 4 is 35.1 Å². The van der Waals surface area contributed by atoms with Crippen LogP contribution in [0.4, 0.5) is 5.69 Å². The van der Waals surface area contributed by atoms with E-state index in [0.717, 1.165) is 28.8 Å². The summed E-state index contributed by atoms with van der Waals surface area (Å²) in [4.78, 5) is 14.0. The molecule has 5 nitrogen and oxygen atoms in total. The third kappa shape index (κ3) is 5.89. The molecule has 1 unspecified atom stereocenters. The minimum Gasteiger partial charge on any atom is -0.325 e. The predicted octanol–water partition coefficient (Wildman–Crippen LogP) is 5.49. The van der Waals surface area contributed by atoms with Crippen molar-refractivity contribution in [1.82, 2.24) is 14.8 Å². The molecule has 0 aliphatic heterocycles. The van der Waals surface area contributed by atoms with Crippen LogP contribution in [0.2, 0.25) is 0 Å². The molecule has 30 heavy (non-hydrogen) atoms. The van der Waals surface area contributed by atoms with Crippen molar-refractivity contribution in [2.75, 3.05) is 5.32 Å². The zero-order valence-electron chi connectivity index (χ0n) is 17.9. The number of carbonyl (C=O) groups excluding carboxylic acids is 1. The molecule has 158 valence electrons. The number of nitrogens with zero attached hydrogens (tertiary/aromatic N) is 3. The first-order valence-electron chi connectivity index (χ1n) is 10.1. The van der Waals surface area contributed by atoms with E-state index in [-0.39, 0.29) is 11.2 Å². The zero-order valence-corrected chi connectivity index (χ0v) is 19.5. The summed E-state index contributed by atoms with van der Waals surface area (Å²) in [5, 5.41) is 12.2. The second-order valence-corrected chi connectivity index (χ2v) is 9.33. The fraction of sp³-hybridized carbons (Fsp3) is 0.348. The molecule has 1 aromatic heterocycles. The number of carbonyl (C=O) groups is 1. The van der Waals surface area contributed by atoms with Gasteiger partial charge in [-0.05, 0) is 49.6 Å². The van der Waals surface area contributed by atoms with Crippen molar-refractivity contribution in [2.45, 2.75) is 54.7 Å². The molecule has 3 rings (SSSR count). The van der Waals surface area contributed by atoms with Crippen molar-refractivity contribution in [3.05, 3.63) is 65.5 Å². The van der Waals surface area contributed by atoms with Crippen LogP contribution in [0.15, 0.2) is 58.6 Å². The Morgan fingerprint density at radius 2 is 1.77 bits per heavy atom. The number of anilines is 1. The number of nitrogens with one attached hydrogen (secondary N) is 1. The molecule has 0 bridgehead atoms. The molecule has 0 saturated heterocycles. The molecule has 0 spiro atoms. The number of hydrogen-bond acceptors (Lipinski definition) is 5. The van der Waals surface area contributed by atoms with E-state index in [1.807, 2.05) is 42.8 Å². The van der Waals surface area contributed by atoms with Crippen molar-refractivity contribution < 1.29 is 4.79 Å². The van der Waals surface area contributed by atoms with Crippen molar-refractivity contribution in [3.63, 3.8) is 0 Å². The molecule has 2 aromatic carbocycles. The number of thioether (sulfide) groups is 2. The van der Waals surface area contributed by atoms with E-state index in [4.69, 9.17) is 0 Å². The van der Waals surface area contributed by atoms with Crippen molar-refractivity contribution in [2.24, 2.45) is 7.05 Å². The monoisotopic (exact) mass is 440 g/mol. The number of aromatic nitrogens is 3. The highest BCUT2D eigenvalue weighted by Crippen LogP contribution is 2.28. The maximum atomic E-state index is 12.8. The summed E-state index contributed by atoms with van der Waals surface area (Å²) in [5.41, 5.74) is 3.33. The largest absolute Gasteiger partial charge is 0.325 e. The van der Waals surface area contributed by atoms with Crippen LogP contribution in [0.3, 0.4) is 0 Å². The molecule has 3 aromatic rings. The highest BCUT2D eigenvalue weighted by molar-refractivity contribution is 8.00. The van der Waals surface area contributed by atoms with E-state index >= 15 is 0 Å². The summed E-state index contributed by atoms with van der Waals surface area (Å²) < 4.78 is 1.98. The van der Waals surface area contributed by atoms with E-state index in [2.05, 4.69) is 53.6 Å². The maximum Gasteiger partial charge on any atom is 0.237 e. The van der Waals surface area contributed by atoms with E-state index < -0.39 is 0 Å². The van der Waals surface area contributed by atoms with Crippen LogP contribution < -0.4 is 5.32 Å².